The van der Waals surface area contributed by atoms with E-state index in [9.17, 15) is 8.42 Å². The molecule has 0 amide bonds. The Morgan fingerprint density at radius 1 is 1.35 bits per heavy atom. The fourth-order valence-corrected chi connectivity index (χ4v) is 5.28. The molecule has 0 spiro atoms. The number of hydrogen-bond donors (Lipinski definition) is 0. The molecule has 2 fully saturated rings. The lowest BCUT2D eigenvalue weighted by Crippen LogP contribution is -2.58. The number of ether oxygens (including phenoxy) is 2. The molecular formula is C17H25NO4S. The predicted molar refractivity (Wildman–Crippen MR) is 87.7 cm³/mol. The first-order chi connectivity index (χ1) is 11.1. The van der Waals surface area contributed by atoms with Gasteiger partial charge in [0, 0.05) is 31.7 Å². The summed E-state index contributed by atoms with van der Waals surface area (Å²) < 4.78 is 39.1. The van der Waals surface area contributed by atoms with Gasteiger partial charge >= 0.3 is 0 Å². The lowest BCUT2D eigenvalue weighted by Gasteiger charge is -2.49. The second-order valence-electron chi connectivity index (χ2n) is 6.40. The summed E-state index contributed by atoms with van der Waals surface area (Å²) in [6.07, 6.45) is 2.76. The Labute approximate surface area is 138 Å². The molecule has 128 valence electrons. The highest BCUT2D eigenvalue weighted by Gasteiger charge is 2.48. The van der Waals surface area contributed by atoms with E-state index in [2.05, 4.69) is 0 Å². The van der Waals surface area contributed by atoms with Gasteiger partial charge in [-0.25, -0.2) is 8.42 Å². The van der Waals surface area contributed by atoms with Crippen molar-refractivity contribution in [1.29, 1.82) is 0 Å². The van der Waals surface area contributed by atoms with Crippen LogP contribution in [0.5, 0.6) is 0 Å². The van der Waals surface area contributed by atoms with E-state index in [1.165, 1.54) is 0 Å². The average molecular weight is 339 g/mol. The maximum Gasteiger partial charge on any atom is 0.243 e. The van der Waals surface area contributed by atoms with Crippen molar-refractivity contribution in [3.63, 3.8) is 0 Å². The zero-order valence-electron chi connectivity index (χ0n) is 13.6. The van der Waals surface area contributed by atoms with Crippen molar-refractivity contribution >= 4 is 10.0 Å². The normalized spacial score (nSPS) is 29.2. The third kappa shape index (κ3) is 3.31. The van der Waals surface area contributed by atoms with E-state index in [0.29, 0.717) is 31.2 Å². The minimum atomic E-state index is -3.45. The Bertz CT molecular complexity index is 619. The topological polar surface area (TPSA) is 55.8 Å². The molecular weight excluding hydrogens is 314 g/mol. The monoisotopic (exact) mass is 339 g/mol. The van der Waals surface area contributed by atoms with Crippen LogP contribution in [-0.4, -0.2) is 51.7 Å². The average Bonchev–Trinajstić information content (AvgIpc) is 2.60. The molecule has 0 saturated carbocycles. The van der Waals surface area contributed by atoms with Crippen molar-refractivity contribution in [2.75, 3.05) is 32.9 Å². The zero-order chi connectivity index (χ0) is 16.3. The number of hydrogen-bond acceptors (Lipinski definition) is 4. The van der Waals surface area contributed by atoms with E-state index in [1.54, 1.807) is 28.6 Å². The zero-order valence-corrected chi connectivity index (χ0v) is 14.4. The molecule has 0 bridgehead atoms. The van der Waals surface area contributed by atoms with E-state index in [-0.39, 0.29) is 11.5 Å². The minimum Gasteiger partial charge on any atom is -0.381 e. The molecule has 2 saturated heterocycles. The molecule has 1 aromatic carbocycles. The van der Waals surface area contributed by atoms with Crippen molar-refractivity contribution in [2.24, 2.45) is 5.41 Å². The van der Waals surface area contributed by atoms with Gasteiger partial charge in [0.1, 0.15) is 0 Å². The second-order valence-corrected chi connectivity index (χ2v) is 8.34. The van der Waals surface area contributed by atoms with Crippen LogP contribution in [0.3, 0.4) is 0 Å². The van der Waals surface area contributed by atoms with E-state index < -0.39 is 10.0 Å². The van der Waals surface area contributed by atoms with Crippen LogP contribution in [0.4, 0.5) is 0 Å². The number of nitrogens with zero attached hydrogens (tertiary/aromatic N) is 1. The molecule has 0 aromatic heterocycles. The number of fused-ring (bicyclic) bond motifs is 1. The van der Waals surface area contributed by atoms with Crippen molar-refractivity contribution in [2.45, 2.75) is 37.2 Å². The van der Waals surface area contributed by atoms with Gasteiger partial charge in [-0.15, -0.1) is 0 Å². The Kier molecular flexibility index (Phi) is 5.06. The predicted octanol–water partition coefficient (Wildman–Crippen LogP) is 2.28. The first-order valence-corrected chi connectivity index (χ1v) is 9.77. The summed E-state index contributed by atoms with van der Waals surface area (Å²) in [4.78, 5) is 0.363. The highest BCUT2D eigenvalue weighted by molar-refractivity contribution is 7.89. The first-order valence-electron chi connectivity index (χ1n) is 8.33. The first kappa shape index (κ1) is 16.9. The summed E-state index contributed by atoms with van der Waals surface area (Å²) in [6.45, 7) is 4.93. The van der Waals surface area contributed by atoms with Gasteiger partial charge in [-0.3, -0.25) is 0 Å². The molecule has 6 heteroatoms. The van der Waals surface area contributed by atoms with Crippen molar-refractivity contribution in [3.8, 4) is 0 Å². The number of piperidine rings is 1. The largest absolute Gasteiger partial charge is 0.381 e. The van der Waals surface area contributed by atoms with Gasteiger partial charge in [0.2, 0.25) is 10.0 Å². The van der Waals surface area contributed by atoms with Crippen LogP contribution < -0.4 is 0 Å². The Morgan fingerprint density at radius 3 is 2.87 bits per heavy atom. The molecule has 0 radical (unpaired) electrons. The molecule has 2 aliphatic heterocycles. The van der Waals surface area contributed by atoms with Gasteiger partial charge in [0.25, 0.3) is 0 Å². The molecule has 1 aromatic rings. The van der Waals surface area contributed by atoms with Crippen LogP contribution in [-0.2, 0) is 19.5 Å². The van der Waals surface area contributed by atoms with E-state index in [1.807, 2.05) is 13.0 Å². The summed E-state index contributed by atoms with van der Waals surface area (Å²) in [5.74, 6) is 0. The standard InChI is InChI=1S/C17H25NO4S/c1-2-21-14-17-10-6-12-22-16(17)9-11-18(13-17)23(19,20)15-7-4-3-5-8-15/h3-5,7-8,16H,2,6,9-14H2,1H3/t16-,17-/m0/s1. The molecule has 3 rings (SSSR count). The van der Waals surface area contributed by atoms with Crippen LogP contribution in [0.2, 0.25) is 0 Å². The Hall–Kier alpha value is -0.950. The van der Waals surface area contributed by atoms with Crippen molar-refractivity contribution in [1.82, 2.24) is 4.31 Å². The maximum atomic E-state index is 12.9. The molecule has 5 nitrogen and oxygen atoms in total. The molecule has 0 unspecified atom stereocenters. The molecule has 0 aliphatic carbocycles. The molecule has 23 heavy (non-hydrogen) atoms. The minimum absolute atomic E-state index is 0.102. The number of rotatable bonds is 5. The Balaban J connectivity index is 1.85. The van der Waals surface area contributed by atoms with Gasteiger partial charge in [0.15, 0.2) is 0 Å². The van der Waals surface area contributed by atoms with E-state index >= 15 is 0 Å². The highest BCUT2D eigenvalue weighted by Crippen LogP contribution is 2.41. The summed E-state index contributed by atoms with van der Waals surface area (Å²) in [5.41, 5.74) is -0.214. The summed E-state index contributed by atoms with van der Waals surface area (Å²) in [5, 5.41) is 0. The van der Waals surface area contributed by atoms with Gasteiger partial charge < -0.3 is 9.47 Å². The van der Waals surface area contributed by atoms with Crippen LogP contribution in [0.15, 0.2) is 35.2 Å². The Morgan fingerprint density at radius 2 is 2.13 bits per heavy atom. The summed E-state index contributed by atoms with van der Waals surface area (Å²) in [7, 11) is -3.45. The lowest BCUT2D eigenvalue weighted by atomic mass is 9.73. The molecule has 2 aliphatic rings. The van der Waals surface area contributed by atoms with E-state index in [0.717, 1.165) is 25.9 Å². The molecule has 2 atom stereocenters. The summed E-state index contributed by atoms with van der Waals surface area (Å²) >= 11 is 0. The van der Waals surface area contributed by atoms with Gasteiger partial charge in [-0.2, -0.15) is 4.31 Å². The quantitative estimate of drug-likeness (QED) is 0.826. The second kappa shape index (κ2) is 6.89. The third-order valence-electron chi connectivity index (χ3n) is 4.93. The highest BCUT2D eigenvalue weighted by atomic mass is 32.2. The third-order valence-corrected chi connectivity index (χ3v) is 6.79. The summed E-state index contributed by atoms with van der Waals surface area (Å²) in [6, 6.07) is 8.68. The smallest absolute Gasteiger partial charge is 0.243 e. The lowest BCUT2D eigenvalue weighted by molar-refractivity contribution is -0.141. The fraction of sp³-hybridized carbons (Fsp3) is 0.647. The van der Waals surface area contributed by atoms with Gasteiger partial charge in [0.05, 0.1) is 17.6 Å². The molecule has 2 heterocycles. The van der Waals surface area contributed by atoms with Crippen LogP contribution >= 0.6 is 0 Å². The SMILES string of the molecule is CCOC[C@@]12CCCO[C@H]1CCN(S(=O)(=O)c1ccccc1)C2. The van der Waals surface area contributed by atoms with Crippen molar-refractivity contribution in [3.05, 3.63) is 30.3 Å². The van der Waals surface area contributed by atoms with Gasteiger partial charge in [-0.05, 0) is 38.3 Å². The number of sulfonamides is 1. The van der Waals surface area contributed by atoms with Crippen LogP contribution in [0, 0.1) is 5.41 Å². The van der Waals surface area contributed by atoms with Crippen LogP contribution in [0.25, 0.3) is 0 Å². The van der Waals surface area contributed by atoms with Crippen molar-refractivity contribution < 1.29 is 17.9 Å². The van der Waals surface area contributed by atoms with Crippen LogP contribution in [0.1, 0.15) is 26.2 Å². The van der Waals surface area contributed by atoms with Gasteiger partial charge in [-0.1, -0.05) is 18.2 Å². The maximum absolute atomic E-state index is 12.9. The molecule has 0 N–H and O–H groups in total. The number of benzene rings is 1. The van der Waals surface area contributed by atoms with E-state index in [4.69, 9.17) is 9.47 Å². The fourth-order valence-electron chi connectivity index (χ4n) is 3.71.